The van der Waals surface area contributed by atoms with Crippen LogP contribution in [0.15, 0.2) is 0 Å². The quantitative estimate of drug-likeness (QED) is 0.596. The van der Waals surface area contributed by atoms with Gasteiger partial charge in [-0.25, -0.2) is 0 Å². The normalized spacial score (nSPS) is 30.8. The Morgan fingerprint density at radius 1 is 1.46 bits per heavy atom. The van der Waals surface area contributed by atoms with E-state index in [1.54, 1.807) is 0 Å². The van der Waals surface area contributed by atoms with Crippen molar-refractivity contribution >= 4 is 11.9 Å². The highest BCUT2D eigenvalue weighted by Crippen LogP contribution is 2.45. The van der Waals surface area contributed by atoms with Gasteiger partial charge >= 0.3 is 5.97 Å². The third-order valence-electron chi connectivity index (χ3n) is 3.12. The summed E-state index contributed by atoms with van der Waals surface area (Å²) in [6.07, 6.45) is 3.82. The smallest absolute Gasteiger partial charge is 0.307 e. The van der Waals surface area contributed by atoms with Crippen LogP contribution >= 0.6 is 0 Å². The maximum absolute atomic E-state index is 11.1. The number of esters is 1. The van der Waals surface area contributed by atoms with E-state index in [1.165, 1.54) is 0 Å². The fraction of sp³-hybridized carbons (Fsp3) is 0.778. The molecule has 1 spiro atoms. The first-order chi connectivity index (χ1) is 6.14. The standard InChI is InChI=1S/C9H13NO3/c10-8(12)6-5-7(11)13-9(6)3-1-2-4-9/h6H,1-5H2,(H2,10,12). The molecular weight excluding hydrogens is 170 g/mol. The second kappa shape index (κ2) is 2.72. The van der Waals surface area contributed by atoms with Crippen LogP contribution in [0.4, 0.5) is 0 Å². The molecule has 1 saturated carbocycles. The molecule has 0 radical (unpaired) electrons. The average molecular weight is 183 g/mol. The summed E-state index contributed by atoms with van der Waals surface area (Å²) in [6.45, 7) is 0. The van der Waals surface area contributed by atoms with Crippen molar-refractivity contribution in [2.45, 2.75) is 37.7 Å². The molecule has 1 aliphatic carbocycles. The fourth-order valence-corrected chi connectivity index (χ4v) is 2.48. The Balaban J connectivity index is 2.25. The van der Waals surface area contributed by atoms with Gasteiger partial charge in [0.1, 0.15) is 5.60 Å². The van der Waals surface area contributed by atoms with Crippen molar-refractivity contribution in [1.29, 1.82) is 0 Å². The number of carbonyl (C=O) groups is 2. The largest absolute Gasteiger partial charge is 0.458 e. The van der Waals surface area contributed by atoms with Crippen LogP contribution in [0, 0.1) is 5.92 Å². The molecule has 2 fully saturated rings. The number of nitrogens with two attached hydrogens (primary N) is 1. The van der Waals surface area contributed by atoms with Crippen molar-refractivity contribution in [3.05, 3.63) is 0 Å². The van der Waals surface area contributed by atoms with E-state index in [1.807, 2.05) is 0 Å². The summed E-state index contributed by atoms with van der Waals surface area (Å²) < 4.78 is 5.24. The van der Waals surface area contributed by atoms with Crippen LogP contribution in [0.25, 0.3) is 0 Å². The Bertz CT molecular complexity index is 256. The number of ether oxygens (including phenoxy) is 1. The van der Waals surface area contributed by atoms with Crippen LogP contribution in [0.3, 0.4) is 0 Å². The number of hydrogen-bond acceptors (Lipinski definition) is 3. The minimum Gasteiger partial charge on any atom is -0.458 e. The molecule has 72 valence electrons. The molecule has 13 heavy (non-hydrogen) atoms. The predicted octanol–water partition coefficient (Wildman–Crippen LogP) is 0.348. The lowest BCUT2D eigenvalue weighted by atomic mass is 9.85. The summed E-state index contributed by atoms with van der Waals surface area (Å²) in [7, 11) is 0. The van der Waals surface area contributed by atoms with E-state index in [0.717, 1.165) is 25.7 Å². The van der Waals surface area contributed by atoms with Gasteiger partial charge in [-0.15, -0.1) is 0 Å². The number of hydrogen-bond donors (Lipinski definition) is 1. The van der Waals surface area contributed by atoms with Crippen LogP contribution in [-0.2, 0) is 14.3 Å². The molecule has 0 aromatic heterocycles. The Kier molecular flexibility index (Phi) is 1.78. The number of amides is 1. The van der Waals surface area contributed by atoms with Gasteiger partial charge in [0.05, 0.1) is 12.3 Å². The van der Waals surface area contributed by atoms with Gasteiger partial charge in [-0.1, -0.05) is 0 Å². The minimum absolute atomic E-state index is 0.176. The zero-order chi connectivity index (χ0) is 9.47. The number of carbonyl (C=O) groups excluding carboxylic acids is 2. The topological polar surface area (TPSA) is 69.4 Å². The molecule has 2 aliphatic rings. The summed E-state index contributed by atoms with van der Waals surface area (Å²) in [5.74, 6) is -1.05. The van der Waals surface area contributed by atoms with Gasteiger partial charge in [-0.05, 0) is 25.7 Å². The van der Waals surface area contributed by atoms with E-state index in [9.17, 15) is 9.59 Å². The Labute approximate surface area is 76.4 Å². The maximum atomic E-state index is 11.1. The van der Waals surface area contributed by atoms with Gasteiger partial charge in [0, 0.05) is 0 Å². The molecule has 4 nitrogen and oxygen atoms in total. The number of primary amides is 1. The van der Waals surface area contributed by atoms with Crippen molar-refractivity contribution in [2.24, 2.45) is 11.7 Å². The molecule has 0 aromatic carbocycles. The lowest BCUT2D eigenvalue weighted by Gasteiger charge is -2.26. The van der Waals surface area contributed by atoms with E-state index in [2.05, 4.69) is 0 Å². The maximum Gasteiger partial charge on any atom is 0.307 e. The third kappa shape index (κ3) is 1.20. The average Bonchev–Trinajstić information content (AvgIpc) is 2.60. The predicted molar refractivity (Wildman–Crippen MR) is 44.6 cm³/mol. The Hall–Kier alpha value is -1.06. The SMILES string of the molecule is NC(=O)C1CC(=O)OC12CCCC2. The molecule has 2 rings (SSSR count). The van der Waals surface area contributed by atoms with E-state index in [-0.39, 0.29) is 18.3 Å². The summed E-state index contributed by atoms with van der Waals surface area (Å²) in [6, 6.07) is 0. The van der Waals surface area contributed by atoms with Crippen LogP contribution < -0.4 is 5.73 Å². The van der Waals surface area contributed by atoms with Crippen LogP contribution in [0.1, 0.15) is 32.1 Å². The monoisotopic (exact) mass is 183 g/mol. The van der Waals surface area contributed by atoms with Crippen molar-refractivity contribution in [2.75, 3.05) is 0 Å². The van der Waals surface area contributed by atoms with Crippen molar-refractivity contribution in [3.63, 3.8) is 0 Å². The van der Waals surface area contributed by atoms with Crippen LogP contribution in [-0.4, -0.2) is 17.5 Å². The molecule has 1 unspecified atom stereocenters. The first-order valence-corrected chi connectivity index (χ1v) is 4.65. The van der Waals surface area contributed by atoms with Gasteiger partial charge in [-0.2, -0.15) is 0 Å². The van der Waals surface area contributed by atoms with Gasteiger partial charge in [0.25, 0.3) is 0 Å². The summed E-state index contributed by atoms with van der Waals surface area (Å²) >= 11 is 0. The first-order valence-electron chi connectivity index (χ1n) is 4.65. The molecule has 1 heterocycles. The van der Waals surface area contributed by atoms with Gasteiger partial charge in [0.15, 0.2) is 0 Å². The minimum atomic E-state index is -0.525. The Morgan fingerprint density at radius 3 is 2.62 bits per heavy atom. The molecule has 1 saturated heterocycles. The van der Waals surface area contributed by atoms with Gasteiger partial charge in [-0.3, -0.25) is 9.59 Å². The lowest BCUT2D eigenvalue weighted by molar-refractivity contribution is -0.149. The van der Waals surface area contributed by atoms with Crippen LogP contribution in [0.2, 0.25) is 0 Å². The zero-order valence-electron chi connectivity index (χ0n) is 7.41. The van der Waals surface area contributed by atoms with E-state index in [0.29, 0.717) is 0 Å². The molecule has 2 N–H and O–H groups in total. The fourth-order valence-electron chi connectivity index (χ4n) is 2.48. The van der Waals surface area contributed by atoms with Crippen molar-refractivity contribution in [1.82, 2.24) is 0 Å². The summed E-state index contributed by atoms with van der Waals surface area (Å²) in [5.41, 5.74) is 4.72. The summed E-state index contributed by atoms with van der Waals surface area (Å²) in [4.78, 5) is 22.2. The van der Waals surface area contributed by atoms with Crippen LogP contribution in [0.5, 0.6) is 0 Å². The van der Waals surface area contributed by atoms with Crippen molar-refractivity contribution < 1.29 is 14.3 Å². The second-order valence-corrected chi connectivity index (χ2v) is 3.91. The highest BCUT2D eigenvalue weighted by molar-refractivity contribution is 5.86. The van der Waals surface area contributed by atoms with Crippen molar-refractivity contribution in [3.8, 4) is 0 Å². The first kappa shape index (κ1) is 8.53. The van der Waals surface area contributed by atoms with E-state index >= 15 is 0 Å². The lowest BCUT2D eigenvalue weighted by Crippen LogP contribution is -2.40. The highest BCUT2D eigenvalue weighted by Gasteiger charge is 2.53. The van der Waals surface area contributed by atoms with E-state index < -0.39 is 11.5 Å². The zero-order valence-corrected chi connectivity index (χ0v) is 7.41. The molecule has 1 aliphatic heterocycles. The molecule has 0 aromatic rings. The third-order valence-corrected chi connectivity index (χ3v) is 3.12. The molecular formula is C9H13NO3. The molecule has 1 amide bonds. The molecule has 4 heteroatoms. The van der Waals surface area contributed by atoms with Gasteiger partial charge < -0.3 is 10.5 Å². The second-order valence-electron chi connectivity index (χ2n) is 3.91. The highest BCUT2D eigenvalue weighted by atomic mass is 16.6. The molecule has 1 atom stereocenters. The van der Waals surface area contributed by atoms with Gasteiger partial charge in [0.2, 0.25) is 5.91 Å². The summed E-state index contributed by atoms with van der Waals surface area (Å²) in [5, 5.41) is 0. The Morgan fingerprint density at radius 2 is 2.08 bits per heavy atom. The van der Waals surface area contributed by atoms with E-state index in [4.69, 9.17) is 10.5 Å². The molecule has 0 bridgehead atoms. The number of rotatable bonds is 1.